The molecular formula is C15H15N2S+. The molecule has 1 N–H and O–H groups in total. The Morgan fingerprint density at radius 1 is 0.833 bits per heavy atom. The second-order valence-corrected chi connectivity index (χ2v) is 4.82. The van der Waals surface area contributed by atoms with Gasteiger partial charge in [-0.15, -0.1) is 0 Å². The van der Waals surface area contributed by atoms with Crippen LogP contribution in [-0.4, -0.2) is 18.2 Å². The Labute approximate surface area is 112 Å². The molecule has 2 nitrogen and oxygen atoms in total. The lowest BCUT2D eigenvalue weighted by atomic mass is 10.2. The Balaban J connectivity index is 2.20. The van der Waals surface area contributed by atoms with Gasteiger partial charge < -0.3 is 5.32 Å². The van der Waals surface area contributed by atoms with Gasteiger partial charge >= 0.3 is 0 Å². The molecule has 18 heavy (non-hydrogen) atoms. The molecule has 3 rings (SSSR count). The van der Waals surface area contributed by atoms with Crippen LogP contribution in [-0.2, 0) is 0 Å². The summed E-state index contributed by atoms with van der Waals surface area (Å²) in [4.78, 5) is 0. The summed E-state index contributed by atoms with van der Waals surface area (Å²) in [5, 5.41) is 4.19. The summed E-state index contributed by atoms with van der Waals surface area (Å²) < 4.78 is 0.636. The number of thiocarbonyl (C=S) groups is 1. The van der Waals surface area contributed by atoms with E-state index in [9.17, 15) is 0 Å². The molecule has 0 aliphatic carbocycles. The number of benzene rings is 2. The first-order valence-corrected chi connectivity index (χ1v) is 6.52. The number of para-hydroxylation sites is 2. The first-order valence-electron chi connectivity index (χ1n) is 6.12. The molecule has 1 aliphatic heterocycles. The van der Waals surface area contributed by atoms with Crippen molar-refractivity contribution in [2.24, 2.45) is 0 Å². The predicted molar refractivity (Wildman–Crippen MR) is 79.8 cm³/mol. The third kappa shape index (κ3) is 1.64. The van der Waals surface area contributed by atoms with E-state index in [1.807, 2.05) is 12.1 Å². The smallest absolute Gasteiger partial charge is 0.280 e. The molecule has 0 unspecified atom stereocenters. The van der Waals surface area contributed by atoms with Gasteiger partial charge in [0, 0.05) is 36.5 Å². The maximum absolute atomic E-state index is 5.58. The normalized spacial score (nSPS) is 17.4. The van der Waals surface area contributed by atoms with Gasteiger partial charge in [0.05, 0.1) is 6.54 Å². The Hall–Kier alpha value is -1.71. The van der Waals surface area contributed by atoms with E-state index >= 15 is 0 Å². The molecule has 1 heterocycles. The molecule has 0 saturated carbocycles. The number of nitrogens with zero attached hydrogens (tertiary/aromatic N) is 1. The summed E-state index contributed by atoms with van der Waals surface area (Å²) in [6, 6.07) is 20.9. The second-order valence-electron chi connectivity index (χ2n) is 4.44. The van der Waals surface area contributed by atoms with Crippen LogP contribution in [0.3, 0.4) is 0 Å². The quantitative estimate of drug-likeness (QED) is 0.653. The van der Waals surface area contributed by atoms with Crippen LogP contribution in [0.15, 0.2) is 60.7 Å². The first kappa shape index (κ1) is 11.4. The fraction of sp³-hybridized carbons (Fsp3) is 0.133. The number of rotatable bonds is 2. The van der Waals surface area contributed by atoms with Crippen molar-refractivity contribution in [3.8, 4) is 0 Å². The summed E-state index contributed by atoms with van der Waals surface area (Å²) in [5.41, 5.74) is 2.44. The zero-order valence-corrected chi connectivity index (χ0v) is 10.9. The highest BCUT2D eigenvalue weighted by Crippen LogP contribution is 2.36. The van der Waals surface area contributed by atoms with Crippen LogP contribution in [0.2, 0.25) is 0 Å². The molecule has 2 aromatic rings. The van der Waals surface area contributed by atoms with Crippen LogP contribution in [0, 0.1) is 0 Å². The van der Waals surface area contributed by atoms with Crippen molar-refractivity contribution in [1.29, 1.82) is 0 Å². The molecule has 2 aromatic carbocycles. The first-order chi connectivity index (χ1) is 8.84. The molecule has 0 bridgehead atoms. The predicted octanol–water partition coefficient (Wildman–Crippen LogP) is 3.21. The van der Waals surface area contributed by atoms with Crippen LogP contribution < -0.4 is 9.80 Å². The van der Waals surface area contributed by atoms with Crippen molar-refractivity contribution in [3.05, 3.63) is 60.7 Å². The van der Waals surface area contributed by atoms with Crippen LogP contribution in [0.25, 0.3) is 0 Å². The molecule has 1 aliphatic rings. The minimum absolute atomic E-state index is 0.636. The SMILES string of the molecule is S=C1NCC[N+]1(c1ccccc1)c1ccccc1. The van der Waals surface area contributed by atoms with Gasteiger partial charge in [-0.2, -0.15) is 0 Å². The molecule has 1 fully saturated rings. The number of hydrogen-bond donors (Lipinski definition) is 1. The van der Waals surface area contributed by atoms with E-state index in [0.717, 1.165) is 18.2 Å². The minimum atomic E-state index is 0.636. The molecule has 0 amide bonds. The largest absolute Gasteiger partial charge is 0.325 e. The van der Waals surface area contributed by atoms with E-state index in [0.29, 0.717) is 4.48 Å². The molecular weight excluding hydrogens is 240 g/mol. The Bertz CT molecular complexity index is 512. The maximum Gasteiger partial charge on any atom is 0.280 e. The van der Waals surface area contributed by atoms with Crippen molar-refractivity contribution in [2.75, 3.05) is 13.1 Å². The van der Waals surface area contributed by atoms with Gasteiger partial charge in [-0.05, 0) is 0 Å². The van der Waals surface area contributed by atoms with Gasteiger partial charge in [0.25, 0.3) is 5.11 Å². The van der Waals surface area contributed by atoms with Crippen molar-refractivity contribution >= 4 is 28.7 Å². The van der Waals surface area contributed by atoms with Crippen molar-refractivity contribution < 1.29 is 0 Å². The molecule has 0 atom stereocenters. The molecule has 0 spiro atoms. The average Bonchev–Trinajstić information content (AvgIpc) is 2.84. The Morgan fingerprint density at radius 2 is 1.33 bits per heavy atom. The van der Waals surface area contributed by atoms with Crippen molar-refractivity contribution in [2.45, 2.75) is 0 Å². The van der Waals surface area contributed by atoms with Gasteiger partial charge in [-0.25, -0.2) is 4.48 Å². The van der Waals surface area contributed by atoms with E-state index in [4.69, 9.17) is 12.2 Å². The second kappa shape index (κ2) is 4.52. The summed E-state index contributed by atoms with van der Waals surface area (Å²) in [6.07, 6.45) is 0. The third-order valence-electron chi connectivity index (χ3n) is 3.46. The van der Waals surface area contributed by atoms with Crippen LogP contribution in [0.1, 0.15) is 0 Å². The van der Waals surface area contributed by atoms with Gasteiger partial charge in [0.2, 0.25) is 0 Å². The van der Waals surface area contributed by atoms with E-state index in [2.05, 4.69) is 53.8 Å². The Morgan fingerprint density at radius 3 is 1.72 bits per heavy atom. The highest BCUT2D eigenvalue weighted by molar-refractivity contribution is 7.80. The number of hydrogen-bond acceptors (Lipinski definition) is 1. The monoisotopic (exact) mass is 255 g/mol. The summed E-state index contributed by atoms with van der Waals surface area (Å²) in [5.74, 6) is 0. The lowest BCUT2D eigenvalue weighted by molar-refractivity contribution is 0.615. The van der Waals surface area contributed by atoms with Crippen molar-refractivity contribution in [1.82, 2.24) is 9.80 Å². The van der Waals surface area contributed by atoms with Gasteiger partial charge in [-0.1, -0.05) is 36.4 Å². The molecule has 0 aromatic heterocycles. The van der Waals surface area contributed by atoms with E-state index < -0.39 is 0 Å². The zero-order valence-electron chi connectivity index (χ0n) is 10.0. The van der Waals surface area contributed by atoms with Gasteiger partial charge in [-0.3, -0.25) is 0 Å². The van der Waals surface area contributed by atoms with Crippen LogP contribution in [0.5, 0.6) is 0 Å². The summed E-state index contributed by atoms with van der Waals surface area (Å²) >= 11 is 5.58. The van der Waals surface area contributed by atoms with Crippen LogP contribution >= 0.6 is 12.2 Å². The molecule has 3 heteroatoms. The molecule has 1 saturated heterocycles. The van der Waals surface area contributed by atoms with E-state index in [1.54, 1.807) is 0 Å². The van der Waals surface area contributed by atoms with Crippen LogP contribution in [0.4, 0.5) is 11.4 Å². The van der Waals surface area contributed by atoms with Gasteiger partial charge in [0.1, 0.15) is 17.9 Å². The Kier molecular flexibility index (Phi) is 2.86. The summed E-state index contributed by atoms with van der Waals surface area (Å²) in [6.45, 7) is 1.88. The third-order valence-corrected chi connectivity index (χ3v) is 3.92. The molecule has 0 radical (unpaired) electrons. The zero-order chi connectivity index (χ0) is 12.4. The van der Waals surface area contributed by atoms with Crippen molar-refractivity contribution in [3.63, 3.8) is 0 Å². The lowest BCUT2D eigenvalue weighted by Gasteiger charge is -2.31. The van der Waals surface area contributed by atoms with Gasteiger partial charge in [0.15, 0.2) is 0 Å². The van der Waals surface area contributed by atoms with E-state index in [-0.39, 0.29) is 0 Å². The number of quaternary nitrogens is 1. The highest BCUT2D eigenvalue weighted by Gasteiger charge is 2.42. The van der Waals surface area contributed by atoms with E-state index in [1.165, 1.54) is 11.4 Å². The highest BCUT2D eigenvalue weighted by atomic mass is 32.1. The average molecular weight is 255 g/mol. The fourth-order valence-electron chi connectivity index (χ4n) is 2.57. The topological polar surface area (TPSA) is 12.0 Å². The maximum atomic E-state index is 5.58. The standard InChI is InChI=1S/C15H14N2S/c18-15-16-11-12-17(15,13-7-3-1-4-8-13)14-9-5-2-6-10-14/h1-10H,11-12H2/p+1. The fourth-order valence-corrected chi connectivity index (χ4v) is 2.98. The molecule has 90 valence electrons. The number of nitrogens with one attached hydrogen (secondary N) is 1. The lowest BCUT2D eigenvalue weighted by Crippen LogP contribution is -2.46. The summed E-state index contributed by atoms with van der Waals surface area (Å²) in [7, 11) is 0. The minimum Gasteiger partial charge on any atom is -0.325 e.